The van der Waals surface area contributed by atoms with E-state index < -0.39 is 10.0 Å². The predicted octanol–water partition coefficient (Wildman–Crippen LogP) is 4.27. The topological polar surface area (TPSA) is 95.1 Å². The van der Waals surface area contributed by atoms with Crippen molar-refractivity contribution in [2.24, 2.45) is 7.05 Å². The predicted molar refractivity (Wildman–Crippen MR) is 147 cm³/mol. The van der Waals surface area contributed by atoms with Crippen LogP contribution in [0.15, 0.2) is 78.0 Å². The monoisotopic (exact) mass is 528 g/mol. The van der Waals surface area contributed by atoms with Crippen molar-refractivity contribution in [2.45, 2.75) is 24.8 Å². The minimum absolute atomic E-state index is 0.120. The molecule has 1 saturated heterocycles. The molecule has 5 aromatic rings. The zero-order valence-electron chi connectivity index (χ0n) is 21.4. The molecule has 194 valence electrons. The number of aromatic nitrogens is 5. The Labute approximate surface area is 221 Å². The Morgan fingerprint density at radius 1 is 1.00 bits per heavy atom. The number of benzene rings is 2. The van der Waals surface area contributed by atoms with Crippen molar-refractivity contribution in [1.82, 2.24) is 23.7 Å². The summed E-state index contributed by atoms with van der Waals surface area (Å²) >= 11 is 0. The summed E-state index contributed by atoms with van der Waals surface area (Å²) in [6.07, 6.45) is 3.35. The van der Waals surface area contributed by atoms with Gasteiger partial charge in [0.15, 0.2) is 0 Å². The lowest BCUT2D eigenvalue weighted by Crippen LogP contribution is -2.44. The third-order valence-electron chi connectivity index (χ3n) is 6.97. The standard InChI is InChI=1S/C28H28N6O3S/c1-19-7-9-21(10-8-19)38(35,36)34-14-12-23-22(5-4-6-26(23)34)24-17-25(27-11-13-29-32(27)3)31-28(30-24)33-15-16-37-18-20(33)2/h4-14,17,20H,15-16,18H2,1-3H3/t20-/m1/s1. The normalized spacial score (nSPS) is 16.3. The van der Waals surface area contributed by atoms with Gasteiger partial charge in [-0.25, -0.2) is 22.4 Å². The minimum atomic E-state index is -3.77. The summed E-state index contributed by atoms with van der Waals surface area (Å²) in [5, 5.41) is 5.11. The molecule has 0 spiro atoms. The van der Waals surface area contributed by atoms with Crippen LogP contribution in [0.3, 0.4) is 0 Å². The van der Waals surface area contributed by atoms with Crippen molar-refractivity contribution in [2.75, 3.05) is 24.7 Å². The van der Waals surface area contributed by atoms with Crippen LogP contribution >= 0.6 is 0 Å². The summed E-state index contributed by atoms with van der Waals surface area (Å²) in [6.45, 7) is 5.92. The number of fused-ring (bicyclic) bond motifs is 1. The fraction of sp³-hybridized carbons (Fsp3) is 0.250. The number of hydrogen-bond acceptors (Lipinski definition) is 7. The first-order valence-corrected chi connectivity index (χ1v) is 13.9. The van der Waals surface area contributed by atoms with E-state index in [0.29, 0.717) is 36.9 Å². The molecule has 6 rings (SSSR count). The molecule has 10 heteroatoms. The molecule has 38 heavy (non-hydrogen) atoms. The Bertz CT molecular complexity index is 1740. The summed E-state index contributed by atoms with van der Waals surface area (Å²) in [7, 11) is -1.89. The van der Waals surface area contributed by atoms with Gasteiger partial charge in [0.05, 0.1) is 46.7 Å². The first kappa shape index (κ1) is 24.3. The molecule has 1 fully saturated rings. The van der Waals surface area contributed by atoms with Crippen LogP contribution in [0.1, 0.15) is 12.5 Å². The maximum absolute atomic E-state index is 13.5. The van der Waals surface area contributed by atoms with Gasteiger partial charge in [-0.2, -0.15) is 5.10 Å². The summed E-state index contributed by atoms with van der Waals surface area (Å²) in [5.41, 5.74) is 4.73. The van der Waals surface area contributed by atoms with E-state index in [-0.39, 0.29) is 10.9 Å². The van der Waals surface area contributed by atoms with Crippen molar-refractivity contribution in [3.8, 4) is 22.6 Å². The molecule has 9 nitrogen and oxygen atoms in total. The smallest absolute Gasteiger partial charge is 0.268 e. The molecule has 0 radical (unpaired) electrons. The van der Waals surface area contributed by atoms with Crippen molar-refractivity contribution >= 4 is 26.9 Å². The van der Waals surface area contributed by atoms with Gasteiger partial charge in [0.25, 0.3) is 10.0 Å². The van der Waals surface area contributed by atoms with Gasteiger partial charge < -0.3 is 9.64 Å². The molecule has 0 N–H and O–H groups in total. The molecular formula is C28H28N6O3S. The number of hydrogen-bond donors (Lipinski definition) is 0. The highest BCUT2D eigenvalue weighted by Crippen LogP contribution is 2.33. The van der Waals surface area contributed by atoms with Crippen LogP contribution in [0, 0.1) is 6.92 Å². The summed E-state index contributed by atoms with van der Waals surface area (Å²) in [5.74, 6) is 0.609. The Kier molecular flexibility index (Phi) is 6.00. The molecule has 0 aliphatic carbocycles. The zero-order chi connectivity index (χ0) is 26.4. The highest BCUT2D eigenvalue weighted by atomic mass is 32.2. The van der Waals surface area contributed by atoms with Crippen molar-refractivity contribution in [3.05, 3.63) is 78.6 Å². The highest BCUT2D eigenvalue weighted by Gasteiger charge is 2.25. The maximum atomic E-state index is 13.5. The molecule has 0 bridgehead atoms. The Morgan fingerprint density at radius 2 is 1.79 bits per heavy atom. The van der Waals surface area contributed by atoms with Crippen LogP contribution in [0.2, 0.25) is 0 Å². The Hall–Kier alpha value is -4.02. The van der Waals surface area contributed by atoms with Gasteiger partial charge in [-0.1, -0.05) is 29.8 Å². The van der Waals surface area contributed by atoms with Crippen LogP contribution in [-0.4, -0.2) is 57.9 Å². The number of morpholine rings is 1. The van der Waals surface area contributed by atoms with E-state index in [0.717, 1.165) is 27.9 Å². The third kappa shape index (κ3) is 4.15. The van der Waals surface area contributed by atoms with Gasteiger partial charge >= 0.3 is 0 Å². The highest BCUT2D eigenvalue weighted by molar-refractivity contribution is 7.90. The van der Waals surface area contributed by atoms with Gasteiger partial charge in [0.1, 0.15) is 0 Å². The van der Waals surface area contributed by atoms with E-state index in [1.54, 1.807) is 41.3 Å². The molecule has 4 heterocycles. The zero-order valence-corrected chi connectivity index (χ0v) is 22.3. The fourth-order valence-electron chi connectivity index (χ4n) is 4.88. The maximum Gasteiger partial charge on any atom is 0.268 e. The van der Waals surface area contributed by atoms with Crippen LogP contribution < -0.4 is 4.90 Å². The third-order valence-corrected chi connectivity index (χ3v) is 8.68. The Morgan fingerprint density at radius 3 is 2.53 bits per heavy atom. The lowest BCUT2D eigenvalue weighted by molar-refractivity contribution is 0.0981. The van der Waals surface area contributed by atoms with Crippen molar-refractivity contribution < 1.29 is 13.2 Å². The van der Waals surface area contributed by atoms with Crippen molar-refractivity contribution in [1.29, 1.82) is 0 Å². The van der Waals surface area contributed by atoms with Gasteiger partial charge in [0.2, 0.25) is 5.95 Å². The van der Waals surface area contributed by atoms with Gasteiger partial charge in [-0.05, 0) is 50.2 Å². The van der Waals surface area contributed by atoms with E-state index in [9.17, 15) is 8.42 Å². The minimum Gasteiger partial charge on any atom is -0.377 e. The average molecular weight is 529 g/mol. The molecule has 0 saturated carbocycles. The SMILES string of the molecule is Cc1ccc(S(=O)(=O)n2ccc3c(-c4cc(-c5ccnn5C)nc(N5CCOC[C@H]5C)n4)cccc32)cc1. The molecule has 1 aliphatic heterocycles. The first-order chi connectivity index (χ1) is 18.3. The van der Waals surface area contributed by atoms with E-state index in [4.69, 9.17) is 14.7 Å². The summed E-state index contributed by atoms with van der Waals surface area (Å²) in [6, 6.07) is 18.3. The number of rotatable bonds is 5. The number of anilines is 1. The lowest BCUT2D eigenvalue weighted by Gasteiger charge is -2.33. The van der Waals surface area contributed by atoms with Gasteiger partial charge in [-0.15, -0.1) is 0 Å². The van der Waals surface area contributed by atoms with Crippen LogP contribution in [0.25, 0.3) is 33.5 Å². The summed E-state index contributed by atoms with van der Waals surface area (Å²) < 4.78 is 35.8. The van der Waals surface area contributed by atoms with Crippen LogP contribution in [0.4, 0.5) is 5.95 Å². The second kappa shape index (κ2) is 9.38. The molecule has 2 aromatic carbocycles. The van der Waals surface area contributed by atoms with E-state index in [1.165, 1.54) is 3.97 Å². The van der Waals surface area contributed by atoms with E-state index >= 15 is 0 Å². The van der Waals surface area contributed by atoms with E-state index in [1.807, 2.05) is 50.4 Å². The van der Waals surface area contributed by atoms with Crippen LogP contribution in [0.5, 0.6) is 0 Å². The largest absolute Gasteiger partial charge is 0.377 e. The number of ether oxygens (including phenoxy) is 1. The fourth-order valence-corrected chi connectivity index (χ4v) is 6.23. The van der Waals surface area contributed by atoms with Gasteiger partial charge in [-0.3, -0.25) is 4.68 Å². The molecular weight excluding hydrogens is 500 g/mol. The Balaban J connectivity index is 1.52. The number of nitrogens with zero attached hydrogens (tertiary/aromatic N) is 6. The number of aryl methyl sites for hydroxylation is 2. The summed E-state index contributed by atoms with van der Waals surface area (Å²) in [4.78, 5) is 12.3. The molecule has 3 aromatic heterocycles. The van der Waals surface area contributed by atoms with E-state index in [2.05, 4.69) is 16.9 Å². The first-order valence-electron chi connectivity index (χ1n) is 12.5. The molecule has 0 amide bonds. The second-order valence-corrected chi connectivity index (χ2v) is 11.4. The lowest BCUT2D eigenvalue weighted by atomic mass is 10.1. The quantitative estimate of drug-likeness (QED) is 0.336. The van der Waals surface area contributed by atoms with Crippen molar-refractivity contribution in [3.63, 3.8) is 0 Å². The molecule has 1 atom stereocenters. The average Bonchev–Trinajstić information content (AvgIpc) is 3.55. The van der Waals surface area contributed by atoms with Gasteiger partial charge in [0, 0.05) is 36.9 Å². The van der Waals surface area contributed by atoms with Crippen LogP contribution in [-0.2, 0) is 21.8 Å². The molecule has 0 unspecified atom stereocenters. The second-order valence-electron chi connectivity index (χ2n) is 9.56. The molecule has 1 aliphatic rings.